The summed E-state index contributed by atoms with van der Waals surface area (Å²) in [6, 6.07) is 3.40. The number of aromatic nitrogens is 4. The number of nitrogens with zero attached hydrogens (tertiary/aromatic N) is 4. The molecule has 1 fully saturated rings. The summed E-state index contributed by atoms with van der Waals surface area (Å²) in [5.41, 5.74) is 15.2. The highest BCUT2D eigenvalue weighted by atomic mass is 19.1. The molecule has 0 unspecified atom stereocenters. The number of fused-ring (bicyclic) bond motifs is 1. The fourth-order valence-corrected chi connectivity index (χ4v) is 4.89. The van der Waals surface area contributed by atoms with Crippen molar-refractivity contribution < 1.29 is 9.18 Å². The minimum atomic E-state index is -0.551. The highest BCUT2D eigenvalue weighted by Gasteiger charge is 2.54. The normalized spacial score (nSPS) is 19.4. The average Bonchev–Trinajstić information content (AvgIpc) is 3.41. The van der Waals surface area contributed by atoms with Crippen LogP contribution in [0.3, 0.4) is 0 Å². The second-order valence-corrected chi connectivity index (χ2v) is 8.90. The first-order valence-corrected chi connectivity index (χ1v) is 11.2. The summed E-state index contributed by atoms with van der Waals surface area (Å²) in [7, 11) is 1.87. The zero-order valence-electron chi connectivity index (χ0n) is 19.2. The fourth-order valence-electron chi connectivity index (χ4n) is 4.89. The molecule has 1 saturated carbocycles. The summed E-state index contributed by atoms with van der Waals surface area (Å²) in [5.74, 6) is 0.0306. The van der Waals surface area contributed by atoms with Crippen LogP contribution in [0.4, 0.5) is 21.6 Å². The summed E-state index contributed by atoms with van der Waals surface area (Å²) in [6.45, 7) is 3.89. The van der Waals surface area contributed by atoms with E-state index in [1.54, 1.807) is 23.0 Å². The topological polar surface area (TPSA) is 125 Å². The molecule has 5 N–H and O–H groups in total. The van der Waals surface area contributed by atoms with Crippen molar-refractivity contribution in [1.29, 1.82) is 0 Å². The van der Waals surface area contributed by atoms with Crippen LogP contribution in [0.1, 0.15) is 30.4 Å². The zero-order valence-corrected chi connectivity index (χ0v) is 19.2. The van der Waals surface area contributed by atoms with Gasteiger partial charge in [-0.2, -0.15) is 5.10 Å². The van der Waals surface area contributed by atoms with Gasteiger partial charge in [0.15, 0.2) is 5.82 Å². The molecule has 4 aromatic rings. The Morgan fingerprint density at radius 1 is 1.18 bits per heavy atom. The van der Waals surface area contributed by atoms with Gasteiger partial charge >= 0.3 is 0 Å². The summed E-state index contributed by atoms with van der Waals surface area (Å²) in [5, 5.41) is 8.30. The van der Waals surface area contributed by atoms with Gasteiger partial charge in [0.25, 0.3) is 0 Å². The third-order valence-corrected chi connectivity index (χ3v) is 6.85. The number of hydrogen-bond donors (Lipinski definition) is 3. The van der Waals surface area contributed by atoms with Gasteiger partial charge in [-0.1, -0.05) is 13.3 Å². The van der Waals surface area contributed by atoms with E-state index in [0.717, 1.165) is 17.5 Å². The van der Waals surface area contributed by atoms with Gasteiger partial charge < -0.3 is 16.8 Å². The predicted molar refractivity (Wildman–Crippen MR) is 130 cm³/mol. The maximum absolute atomic E-state index is 15.1. The number of benzene rings is 1. The van der Waals surface area contributed by atoms with Crippen molar-refractivity contribution in [2.45, 2.75) is 26.2 Å². The van der Waals surface area contributed by atoms with Crippen molar-refractivity contribution in [1.82, 2.24) is 19.7 Å². The first-order valence-electron chi connectivity index (χ1n) is 11.2. The first kappa shape index (κ1) is 21.8. The number of nitrogens with two attached hydrogens (primary N) is 2. The summed E-state index contributed by atoms with van der Waals surface area (Å²) < 4.78 is 16.9. The Bertz CT molecular complexity index is 1430. The number of aryl methyl sites for hydroxylation is 1. The third kappa shape index (κ3) is 3.53. The van der Waals surface area contributed by atoms with Gasteiger partial charge in [0, 0.05) is 54.0 Å². The maximum atomic E-state index is 15.1. The number of anilines is 3. The molecular formula is C25H26FN7O. The van der Waals surface area contributed by atoms with E-state index >= 15 is 4.39 Å². The van der Waals surface area contributed by atoms with Crippen LogP contribution in [-0.2, 0) is 11.8 Å². The zero-order chi connectivity index (χ0) is 24.1. The summed E-state index contributed by atoms with van der Waals surface area (Å²) >= 11 is 0. The number of halogens is 1. The Morgan fingerprint density at radius 2 is 1.97 bits per heavy atom. The summed E-state index contributed by atoms with van der Waals surface area (Å²) in [6.07, 6.45) is 9.26. The largest absolute Gasteiger partial charge is 0.397 e. The SMILES string of the molecule is CC[C@@H]1[C@H](C(=O)Nc2cc3cc(-c4cncc(N)c4C)c(F)c(N)c3cn2)[C@H]1c1cnn(C)c1. The average molecular weight is 460 g/mol. The molecule has 1 aliphatic rings. The van der Waals surface area contributed by atoms with Crippen LogP contribution in [0.5, 0.6) is 0 Å². The molecule has 34 heavy (non-hydrogen) atoms. The van der Waals surface area contributed by atoms with Crippen LogP contribution in [0.15, 0.2) is 43.1 Å². The predicted octanol–water partition coefficient (Wildman–Crippen LogP) is 4.02. The molecule has 3 aromatic heterocycles. The van der Waals surface area contributed by atoms with Gasteiger partial charge in [-0.25, -0.2) is 9.37 Å². The van der Waals surface area contributed by atoms with Crippen molar-refractivity contribution >= 4 is 33.9 Å². The van der Waals surface area contributed by atoms with Crippen LogP contribution < -0.4 is 16.8 Å². The van der Waals surface area contributed by atoms with E-state index in [4.69, 9.17) is 11.5 Å². The molecule has 0 radical (unpaired) electrons. The minimum absolute atomic E-state index is 0.00965. The number of nitrogens with one attached hydrogen (secondary N) is 1. The number of hydrogen-bond acceptors (Lipinski definition) is 6. The Labute approximate surface area is 196 Å². The van der Waals surface area contributed by atoms with E-state index < -0.39 is 5.82 Å². The molecule has 8 nitrogen and oxygen atoms in total. The molecule has 1 aliphatic carbocycles. The molecule has 174 valence electrons. The van der Waals surface area contributed by atoms with E-state index in [0.29, 0.717) is 33.4 Å². The lowest BCUT2D eigenvalue weighted by atomic mass is 9.97. The van der Waals surface area contributed by atoms with Gasteiger partial charge in [0.1, 0.15) is 5.82 Å². The van der Waals surface area contributed by atoms with Crippen molar-refractivity contribution in [2.75, 3.05) is 16.8 Å². The Balaban J connectivity index is 1.46. The molecular weight excluding hydrogens is 433 g/mol. The van der Waals surface area contributed by atoms with Gasteiger partial charge in [-0.3, -0.25) is 14.5 Å². The van der Waals surface area contributed by atoms with E-state index in [1.165, 1.54) is 12.4 Å². The molecule has 1 amide bonds. The van der Waals surface area contributed by atoms with Crippen LogP contribution in [0, 0.1) is 24.6 Å². The van der Waals surface area contributed by atoms with Gasteiger partial charge in [0.05, 0.1) is 23.8 Å². The maximum Gasteiger partial charge on any atom is 0.229 e. The van der Waals surface area contributed by atoms with Crippen molar-refractivity contribution in [3.8, 4) is 11.1 Å². The summed E-state index contributed by atoms with van der Waals surface area (Å²) in [4.78, 5) is 21.5. The first-order chi connectivity index (χ1) is 16.3. The molecule has 0 aliphatic heterocycles. The molecule has 0 saturated heterocycles. The van der Waals surface area contributed by atoms with E-state index in [2.05, 4.69) is 27.3 Å². The smallest absolute Gasteiger partial charge is 0.229 e. The quantitative estimate of drug-likeness (QED) is 0.387. The van der Waals surface area contributed by atoms with E-state index in [9.17, 15) is 4.79 Å². The molecule has 9 heteroatoms. The Hall–Kier alpha value is -4.01. The van der Waals surface area contributed by atoms with Crippen LogP contribution in [0.25, 0.3) is 21.9 Å². The van der Waals surface area contributed by atoms with Crippen LogP contribution in [-0.4, -0.2) is 25.7 Å². The third-order valence-electron chi connectivity index (χ3n) is 6.85. The van der Waals surface area contributed by atoms with Crippen molar-refractivity contribution in [3.63, 3.8) is 0 Å². The fraction of sp³-hybridized carbons (Fsp3) is 0.280. The van der Waals surface area contributed by atoms with Gasteiger partial charge in [-0.05, 0) is 41.5 Å². The lowest BCUT2D eigenvalue weighted by molar-refractivity contribution is -0.117. The Morgan fingerprint density at radius 3 is 2.68 bits per heavy atom. The highest BCUT2D eigenvalue weighted by molar-refractivity contribution is 6.01. The second kappa shape index (κ2) is 8.09. The number of rotatable bonds is 5. The lowest BCUT2D eigenvalue weighted by Gasteiger charge is -2.13. The minimum Gasteiger partial charge on any atom is -0.397 e. The van der Waals surface area contributed by atoms with Crippen molar-refractivity contribution in [3.05, 3.63) is 60.1 Å². The van der Waals surface area contributed by atoms with E-state index in [1.807, 2.05) is 26.4 Å². The molecule has 3 atom stereocenters. The molecule has 5 rings (SSSR count). The molecule has 3 heterocycles. The number of carbonyl (C=O) groups excluding carboxylic acids is 1. The van der Waals surface area contributed by atoms with Gasteiger partial charge in [-0.15, -0.1) is 0 Å². The Kier molecular flexibility index (Phi) is 5.19. The lowest BCUT2D eigenvalue weighted by Crippen LogP contribution is -2.16. The number of amides is 1. The number of pyridine rings is 2. The number of nitrogen functional groups attached to an aromatic ring is 2. The number of carbonyl (C=O) groups is 1. The highest BCUT2D eigenvalue weighted by Crippen LogP contribution is 2.56. The van der Waals surface area contributed by atoms with Gasteiger partial charge in [0.2, 0.25) is 5.91 Å². The van der Waals surface area contributed by atoms with Crippen LogP contribution >= 0.6 is 0 Å². The van der Waals surface area contributed by atoms with E-state index in [-0.39, 0.29) is 29.3 Å². The molecule has 0 bridgehead atoms. The monoisotopic (exact) mass is 459 g/mol. The second-order valence-electron chi connectivity index (χ2n) is 8.90. The van der Waals surface area contributed by atoms with Crippen molar-refractivity contribution in [2.24, 2.45) is 18.9 Å². The molecule has 0 spiro atoms. The standard InChI is InChI=1S/C25H26FN7O/c1-4-15-21(14-7-31-33(3)11-14)22(15)25(34)32-20-6-13-5-16(17-8-29-10-19(27)12(17)2)23(26)24(28)18(13)9-30-20/h5-11,15,21-22H,4,27-28H2,1-3H3,(H,30,32,34)/t15-,21-,22-/m0/s1. The van der Waals surface area contributed by atoms with Crippen LogP contribution in [0.2, 0.25) is 0 Å². The molecule has 1 aromatic carbocycles.